The summed E-state index contributed by atoms with van der Waals surface area (Å²) in [5, 5.41) is 0.666. The minimum absolute atomic E-state index is 0.0545. The maximum Gasteiger partial charge on any atom is 0.226 e. The molecule has 0 fully saturated rings. The molecule has 0 saturated heterocycles. The Labute approximate surface area is 98.1 Å². The summed E-state index contributed by atoms with van der Waals surface area (Å²) in [6.45, 7) is 1.52. The monoisotopic (exact) mass is 235 g/mol. The molecule has 1 aromatic heterocycles. The largest absolute Gasteiger partial charge is 0.441 e. The Morgan fingerprint density at radius 2 is 2.06 bits per heavy atom. The van der Waals surface area contributed by atoms with Crippen LogP contribution in [0.3, 0.4) is 0 Å². The van der Waals surface area contributed by atoms with Gasteiger partial charge >= 0.3 is 0 Å². The Morgan fingerprint density at radius 3 is 2.69 bits per heavy atom. The summed E-state index contributed by atoms with van der Waals surface area (Å²) in [6, 6.07) is 7.19. The molecule has 1 aromatic carbocycles. The van der Waals surface area contributed by atoms with E-state index in [4.69, 9.17) is 16.0 Å². The van der Waals surface area contributed by atoms with Gasteiger partial charge < -0.3 is 4.42 Å². The van der Waals surface area contributed by atoms with Gasteiger partial charge in [0.2, 0.25) is 5.89 Å². The molecular formula is C12H10ClNO2. The first-order chi connectivity index (χ1) is 7.65. The van der Waals surface area contributed by atoms with Gasteiger partial charge in [0.15, 0.2) is 0 Å². The molecule has 82 valence electrons. The number of carbonyl (C=O) groups excluding carboxylic acids is 1. The molecule has 0 bridgehead atoms. The fourth-order valence-corrected chi connectivity index (χ4v) is 1.49. The number of hydrogen-bond donors (Lipinski definition) is 0. The van der Waals surface area contributed by atoms with Crippen LogP contribution in [0.5, 0.6) is 0 Å². The lowest BCUT2D eigenvalue weighted by atomic mass is 10.2. The number of aromatic nitrogens is 1. The summed E-state index contributed by atoms with van der Waals surface area (Å²) in [7, 11) is 0. The van der Waals surface area contributed by atoms with E-state index in [-0.39, 0.29) is 12.2 Å². The second kappa shape index (κ2) is 4.49. The lowest BCUT2D eigenvalue weighted by molar-refractivity contribution is -0.116. The summed E-state index contributed by atoms with van der Waals surface area (Å²) >= 11 is 5.78. The van der Waals surface area contributed by atoms with Crippen LogP contribution in [0.4, 0.5) is 0 Å². The molecule has 16 heavy (non-hydrogen) atoms. The van der Waals surface area contributed by atoms with Crippen LogP contribution < -0.4 is 0 Å². The van der Waals surface area contributed by atoms with Gasteiger partial charge in [-0.05, 0) is 31.2 Å². The number of carbonyl (C=O) groups is 1. The van der Waals surface area contributed by atoms with E-state index in [0.717, 1.165) is 5.56 Å². The van der Waals surface area contributed by atoms with E-state index in [1.54, 1.807) is 18.3 Å². The topological polar surface area (TPSA) is 43.1 Å². The van der Waals surface area contributed by atoms with E-state index in [9.17, 15) is 4.79 Å². The first-order valence-electron chi connectivity index (χ1n) is 4.85. The number of benzene rings is 1. The van der Waals surface area contributed by atoms with E-state index < -0.39 is 0 Å². The Morgan fingerprint density at radius 1 is 1.38 bits per heavy atom. The quantitative estimate of drug-likeness (QED) is 0.821. The average molecular weight is 236 g/mol. The van der Waals surface area contributed by atoms with Crippen LogP contribution in [0, 0.1) is 0 Å². The highest BCUT2D eigenvalue weighted by Crippen LogP contribution is 2.21. The Hall–Kier alpha value is -1.61. The minimum atomic E-state index is 0.0545. The van der Waals surface area contributed by atoms with E-state index in [1.807, 2.05) is 12.1 Å². The summed E-state index contributed by atoms with van der Waals surface area (Å²) in [5.74, 6) is 1.14. The van der Waals surface area contributed by atoms with Gasteiger partial charge in [0.05, 0.1) is 12.6 Å². The standard InChI is InChI=1S/C12H10ClNO2/c1-8(15)6-11-7-14-12(16-11)9-2-4-10(13)5-3-9/h2-5,7H,6H2,1H3. The number of rotatable bonds is 3. The Kier molecular flexibility index (Phi) is 3.06. The minimum Gasteiger partial charge on any atom is -0.441 e. The molecule has 0 radical (unpaired) electrons. The number of oxazole rings is 1. The van der Waals surface area contributed by atoms with Crippen molar-refractivity contribution in [1.82, 2.24) is 4.98 Å². The van der Waals surface area contributed by atoms with Gasteiger partial charge in [-0.3, -0.25) is 4.79 Å². The third-order valence-corrected chi connectivity index (χ3v) is 2.32. The number of hydrogen-bond acceptors (Lipinski definition) is 3. The summed E-state index contributed by atoms with van der Waals surface area (Å²) in [5.41, 5.74) is 0.846. The van der Waals surface area contributed by atoms with Gasteiger partial charge in [-0.15, -0.1) is 0 Å². The van der Waals surface area contributed by atoms with Crippen molar-refractivity contribution in [2.24, 2.45) is 0 Å². The number of nitrogens with zero attached hydrogens (tertiary/aromatic N) is 1. The molecule has 0 unspecified atom stereocenters. The van der Waals surface area contributed by atoms with Crippen LogP contribution in [-0.2, 0) is 11.2 Å². The van der Waals surface area contributed by atoms with Crippen molar-refractivity contribution < 1.29 is 9.21 Å². The Balaban J connectivity index is 2.24. The van der Waals surface area contributed by atoms with Gasteiger partial charge in [0.1, 0.15) is 11.5 Å². The summed E-state index contributed by atoms with van der Waals surface area (Å²) in [4.78, 5) is 15.0. The van der Waals surface area contributed by atoms with Gasteiger partial charge in [-0.2, -0.15) is 0 Å². The zero-order chi connectivity index (χ0) is 11.5. The van der Waals surface area contributed by atoms with Crippen LogP contribution in [0.2, 0.25) is 5.02 Å². The lowest BCUT2D eigenvalue weighted by Gasteiger charge is -1.95. The fourth-order valence-electron chi connectivity index (χ4n) is 1.36. The lowest BCUT2D eigenvalue weighted by Crippen LogP contribution is -1.93. The first kappa shape index (κ1) is 10.9. The maximum absolute atomic E-state index is 10.9. The summed E-state index contributed by atoms with van der Waals surface area (Å²) in [6.07, 6.45) is 1.85. The molecular weight excluding hydrogens is 226 g/mol. The number of Topliss-reactive ketones (excluding diaryl/α,β-unsaturated/α-hetero) is 1. The van der Waals surface area contributed by atoms with Gasteiger partial charge in [0, 0.05) is 10.6 Å². The fraction of sp³-hybridized carbons (Fsp3) is 0.167. The molecule has 3 nitrogen and oxygen atoms in total. The third kappa shape index (κ3) is 2.49. The summed E-state index contributed by atoms with van der Waals surface area (Å²) < 4.78 is 5.45. The van der Waals surface area contributed by atoms with Crippen molar-refractivity contribution in [2.75, 3.05) is 0 Å². The van der Waals surface area contributed by atoms with E-state index in [0.29, 0.717) is 16.7 Å². The molecule has 0 atom stereocenters. The highest BCUT2D eigenvalue weighted by atomic mass is 35.5. The molecule has 2 aromatic rings. The zero-order valence-electron chi connectivity index (χ0n) is 8.74. The highest BCUT2D eigenvalue weighted by Gasteiger charge is 2.07. The van der Waals surface area contributed by atoms with Crippen molar-refractivity contribution in [3.63, 3.8) is 0 Å². The second-order valence-corrected chi connectivity index (χ2v) is 3.95. The van der Waals surface area contributed by atoms with Gasteiger partial charge in [0.25, 0.3) is 0 Å². The second-order valence-electron chi connectivity index (χ2n) is 3.52. The van der Waals surface area contributed by atoms with Gasteiger partial charge in [-0.1, -0.05) is 11.6 Å². The molecule has 2 rings (SSSR count). The molecule has 0 aliphatic carbocycles. The molecule has 0 aliphatic rings. The van der Waals surface area contributed by atoms with Crippen LogP contribution in [0.15, 0.2) is 34.9 Å². The smallest absolute Gasteiger partial charge is 0.226 e. The predicted octanol–water partition coefficient (Wildman–Crippen LogP) is 3.13. The number of ketones is 1. The molecule has 0 aliphatic heterocycles. The highest BCUT2D eigenvalue weighted by molar-refractivity contribution is 6.30. The van der Waals surface area contributed by atoms with Crippen molar-refractivity contribution in [3.8, 4) is 11.5 Å². The molecule has 0 amide bonds. The molecule has 0 spiro atoms. The van der Waals surface area contributed by atoms with Crippen molar-refractivity contribution in [2.45, 2.75) is 13.3 Å². The average Bonchev–Trinajstić information content (AvgIpc) is 2.66. The normalized spacial score (nSPS) is 10.4. The van der Waals surface area contributed by atoms with Crippen LogP contribution in [0.1, 0.15) is 12.7 Å². The predicted molar refractivity (Wildman–Crippen MR) is 61.3 cm³/mol. The Bertz CT molecular complexity index is 502. The van der Waals surface area contributed by atoms with Gasteiger partial charge in [-0.25, -0.2) is 4.98 Å². The van der Waals surface area contributed by atoms with E-state index in [2.05, 4.69) is 4.98 Å². The van der Waals surface area contributed by atoms with Crippen molar-refractivity contribution >= 4 is 17.4 Å². The third-order valence-electron chi connectivity index (χ3n) is 2.07. The molecule has 0 N–H and O–H groups in total. The molecule has 1 heterocycles. The molecule has 4 heteroatoms. The molecule has 0 saturated carbocycles. The van der Waals surface area contributed by atoms with Crippen LogP contribution >= 0.6 is 11.6 Å². The van der Waals surface area contributed by atoms with Crippen LogP contribution in [0.25, 0.3) is 11.5 Å². The van der Waals surface area contributed by atoms with Crippen molar-refractivity contribution in [1.29, 1.82) is 0 Å². The zero-order valence-corrected chi connectivity index (χ0v) is 9.49. The maximum atomic E-state index is 10.9. The van der Waals surface area contributed by atoms with E-state index >= 15 is 0 Å². The van der Waals surface area contributed by atoms with Crippen molar-refractivity contribution in [3.05, 3.63) is 41.2 Å². The SMILES string of the molecule is CC(=O)Cc1cnc(-c2ccc(Cl)cc2)o1. The first-order valence-corrected chi connectivity index (χ1v) is 5.23. The van der Waals surface area contributed by atoms with Crippen LogP contribution in [-0.4, -0.2) is 10.8 Å². The number of halogens is 1. The van der Waals surface area contributed by atoms with E-state index in [1.165, 1.54) is 6.92 Å².